The normalized spacial score (nSPS) is 22.8. The number of amides is 1. The molecule has 0 aromatic carbocycles. The third kappa shape index (κ3) is 3.00. The highest BCUT2D eigenvalue weighted by molar-refractivity contribution is 5.95. The molecule has 1 fully saturated rings. The fourth-order valence-electron chi connectivity index (χ4n) is 2.41. The summed E-state index contributed by atoms with van der Waals surface area (Å²) in [5, 5.41) is 3.11. The van der Waals surface area contributed by atoms with Crippen LogP contribution in [0.4, 0.5) is 5.82 Å². The number of aromatic nitrogens is 1. The van der Waals surface area contributed by atoms with Crippen molar-refractivity contribution in [2.45, 2.75) is 32.2 Å². The highest BCUT2D eigenvalue weighted by atomic mass is 16.1. The van der Waals surface area contributed by atoms with Crippen molar-refractivity contribution in [1.29, 1.82) is 0 Å². The summed E-state index contributed by atoms with van der Waals surface area (Å²) in [4.78, 5) is 18.2. The van der Waals surface area contributed by atoms with Gasteiger partial charge in [-0.3, -0.25) is 4.79 Å². The van der Waals surface area contributed by atoms with E-state index in [1.54, 1.807) is 12.3 Å². The largest absolute Gasteiger partial charge is 0.363 e. The Morgan fingerprint density at radius 2 is 2.22 bits per heavy atom. The maximum atomic E-state index is 12.1. The quantitative estimate of drug-likeness (QED) is 0.889. The third-order valence-corrected chi connectivity index (χ3v) is 3.50. The molecule has 1 aliphatic carbocycles. The number of nitrogens with zero attached hydrogens (tertiary/aromatic N) is 2. The molecule has 0 saturated heterocycles. The Labute approximate surface area is 108 Å². The van der Waals surface area contributed by atoms with Crippen molar-refractivity contribution in [1.82, 2.24) is 10.3 Å². The molecule has 1 amide bonds. The number of nitrogens with one attached hydrogen (secondary N) is 1. The van der Waals surface area contributed by atoms with Gasteiger partial charge in [0.25, 0.3) is 5.91 Å². The van der Waals surface area contributed by atoms with Crippen molar-refractivity contribution in [3.63, 3.8) is 0 Å². The molecule has 1 aromatic heterocycles. The van der Waals surface area contributed by atoms with Crippen LogP contribution in [0.5, 0.6) is 0 Å². The number of carbonyl (C=O) groups is 1. The van der Waals surface area contributed by atoms with Gasteiger partial charge >= 0.3 is 0 Å². The van der Waals surface area contributed by atoms with Gasteiger partial charge in [0.1, 0.15) is 5.82 Å². The van der Waals surface area contributed by atoms with E-state index in [0.717, 1.165) is 24.6 Å². The number of rotatable bonds is 3. The van der Waals surface area contributed by atoms with Gasteiger partial charge in [0, 0.05) is 31.9 Å². The summed E-state index contributed by atoms with van der Waals surface area (Å²) in [5.74, 6) is 1.55. The first-order valence-electron chi connectivity index (χ1n) is 6.50. The van der Waals surface area contributed by atoms with Crippen LogP contribution in [0.2, 0.25) is 0 Å². The Hall–Kier alpha value is -1.58. The van der Waals surface area contributed by atoms with Crippen molar-refractivity contribution in [3.8, 4) is 0 Å². The summed E-state index contributed by atoms with van der Waals surface area (Å²) in [5.41, 5.74) is 0.688. The van der Waals surface area contributed by atoms with Crippen LogP contribution in [0.25, 0.3) is 0 Å². The van der Waals surface area contributed by atoms with E-state index in [-0.39, 0.29) is 5.91 Å². The maximum absolute atomic E-state index is 12.1. The molecule has 1 aliphatic rings. The number of carbonyl (C=O) groups excluding carboxylic acids is 1. The minimum absolute atomic E-state index is 0.0135. The standard InChI is InChI=1S/C14H21N3O/c1-10-4-5-12(8-10)16-14(18)11-6-7-15-13(9-11)17(2)3/h6-7,9-10,12H,4-5,8H2,1-3H3,(H,16,18). The number of pyridine rings is 1. The molecule has 0 aliphatic heterocycles. The first kappa shape index (κ1) is 12.9. The van der Waals surface area contributed by atoms with Crippen molar-refractivity contribution in [2.75, 3.05) is 19.0 Å². The lowest BCUT2D eigenvalue weighted by Crippen LogP contribution is -2.33. The molecule has 1 saturated carbocycles. The third-order valence-electron chi connectivity index (χ3n) is 3.50. The molecule has 2 rings (SSSR count). The predicted molar refractivity (Wildman–Crippen MR) is 72.8 cm³/mol. The van der Waals surface area contributed by atoms with Crippen LogP contribution in [-0.2, 0) is 0 Å². The first-order valence-corrected chi connectivity index (χ1v) is 6.50. The van der Waals surface area contributed by atoms with Crippen molar-refractivity contribution < 1.29 is 4.79 Å². The predicted octanol–water partition coefficient (Wildman–Crippen LogP) is 2.07. The van der Waals surface area contributed by atoms with E-state index < -0.39 is 0 Å². The highest BCUT2D eigenvalue weighted by Gasteiger charge is 2.23. The van der Waals surface area contributed by atoms with Crippen LogP contribution < -0.4 is 10.2 Å². The topological polar surface area (TPSA) is 45.2 Å². The molecule has 2 unspecified atom stereocenters. The van der Waals surface area contributed by atoms with Gasteiger partial charge in [-0.25, -0.2) is 4.98 Å². The molecule has 0 bridgehead atoms. The van der Waals surface area contributed by atoms with Gasteiger partial charge in [-0.2, -0.15) is 0 Å². The zero-order valence-electron chi connectivity index (χ0n) is 11.3. The van der Waals surface area contributed by atoms with E-state index >= 15 is 0 Å². The first-order chi connectivity index (χ1) is 8.56. The Kier molecular flexibility index (Phi) is 3.84. The van der Waals surface area contributed by atoms with Gasteiger partial charge in [0.15, 0.2) is 0 Å². The van der Waals surface area contributed by atoms with E-state index in [2.05, 4.69) is 17.2 Å². The minimum Gasteiger partial charge on any atom is -0.363 e. The van der Waals surface area contributed by atoms with E-state index in [9.17, 15) is 4.79 Å². The van der Waals surface area contributed by atoms with Crippen LogP contribution >= 0.6 is 0 Å². The van der Waals surface area contributed by atoms with Gasteiger partial charge in [0.2, 0.25) is 0 Å². The fourth-order valence-corrected chi connectivity index (χ4v) is 2.41. The zero-order valence-corrected chi connectivity index (χ0v) is 11.3. The summed E-state index contributed by atoms with van der Waals surface area (Å²) >= 11 is 0. The maximum Gasteiger partial charge on any atom is 0.251 e. The molecule has 0 spiro atoms. The van der Waals surface area contributed by atoms with E-state index in [4.69, 9.17) is 0 Å². The molecule has 0 radical (unpaired) electrons. The Morgan fingerprint density at radius 1 is 1.44 bits per heavy atom. The lowest BCUT2D eigenvalue weighted by molar-refractivity contribution is 0.0937. The van der Waals surface area contributed by atoms with Crippen LogP contribution in [-0.4, -0.2) is 31.0 Å². The molecular weight excluding hydrogens is 226 g/mol. The monoisotopic (exact) mass is 247 g/mol. The minimum atomic E-state index is 0.0135. The molecule has 1 heterocycles. The van der Waals surface area contributed by atoms with Gasteiger partial charge in [0.05, 0.1) is 0 Å². The van der Waals surface area contributed by atoms with Gasteiger partial charge < -0.3 is 10.2 Å². The van der Waals surface area contributed by atoms with E-state index in [1.165, 1.54) is 6.42 Å². The smallest absolute Gasteiger partial charge is 0.251 e. The second-order valence-electron chi connectivity index (χ2n) is 5.39. The number of hydrogen-bond donors (Lipinski definition) is 1. The summed E-state index contributed by atoms with van der Waals surface area (Å²) in [7, 11) is 3.84. The summed E-state index contributed by atoms with van der Waals surface area (Å²) < 4.78 is 0. The van der Waals surface area contributed by atoms with Crippen LogP contribution in [0.3, 0.4) is 0 Å². The Morgan fingerprint density at radius 3 is 2.83 bits per heavy atom. The molecule has 1 N–H and O–H groups in total. The van der Waals surface area contributed by atoms with Crippen molar-refractivity contribution >= 4 is 11.7 Å². The Bertz CT molecular complexity index is 431. The van der Waals surface area contributed by atoms with Crippen LogP contribution in [0.15, 0.2) is 18.3 Å². The van der Waals surface area contributed by atoms with Crippen LogP contribution in [0, 0.1) is 5.92 Å². The second kappa shape index (κ2) is 5.38. The molecule has 4 heteroatoms. The molecule has 4 nitrogen and oxygen atoms in total. The molecule has 98 valence electrons. The lowest BCUT2D eigenvalue weighted by Gasteiger charge is -2.14. The van der Waals surface area contributed by atoms with Gasteiger partial charge in [-0.05, 0) is 37.3 Å². The fraction of sp³-hybridized carbons (Fsp3) is 0.571. The van der Waals surface area contributed by atoms with E-state index in [1.807, 2.05) is 25.1 Å². The number of anilines is 1. The molecule has 18 heavy (non-hydrogen) atoms. The van der Waals surface area contributed by atoms with Gasteiger partial charge in [-0.15, -0.1) is 0 Å². The average molecular weight is 247 g/mol. The second-order valence-corrected chi connectivity index (χ2v) is 5.39. The van der Waals surface area contributed by atoms with Crippen molar-refractivity contribution in [3.05, 3.63) is 23.9 Å². The Balaban J connectivity index is 2.02. The number of hydrogen-bond acceptors (Lipinski definition) is 3. The van der Waals surface area contributed by atoms with Crippen LogP contribution in [0.1, 0.15) is 36.5 Å². The molecular formula is C14H21N3O. The summed E-state index contributed by atoms with van der Waals surface area (Å²) in [6.07, 6.45) is 5.08. The molecule has 1 aromatic rings. The summed E-state index contributed by atoms with van der Waals surface area (Å²) in [6.45, 7) is 2.24. The van der Waals surface area contributed by atoms with E-state index in [0.29, 0.717) is 11.6 Å². The zero-order chi connectivity index (χ0) is 13.1. The SMILES string of the molecule is CC1CCC(NC(=O)c2ccnc(N(C)C)c2)C1. The molecule has 2 atom stereocenters. The average Bonchev–Trinajstić information content (AvgIpc) is 2.75. The summed E-state index contributed by atoms with van der Waals surface area (Å²) in [6, 6.07) is 3.93. The highest BCUT2D eigenvalue weighted by Crippen LogP contribution is 2.24. The van der Waals surface area contributed by atoms with Gasteiger partial charge in [-0.1, -0.05) is 6.92 Å². The lowest BCUT2D eigenvalue weighted by atomic mass is 10.1. The van der Waals surface area contributed by atoms with Crippen molar-refractivity contribution in [2.24, 2.45) is 5.92 Å².